The first kappa shape index (κ1) is 13.9. The zero-order valence-electron chi connectivity index (χ0n) is 12.8. The molecule has 1 spiro atoms. The number of piperidine rings is 1. The molecular formula is C17H21FN4. The molecule has 3 heterocycles. The van der Waals surface area contributed by atoms with Crippen molar-refractivity contribution in [1.82, 2.24) is 19.8 Å². The van der Waals surface area contributed by atoms with E-state index >= 15 is 0 Å². The average molecular weight is 300 g/mol. The third-order valence-corrected chi connectivity index (χ3v) is 5.21. The Morgan fingerprint density at radius 1 is 1.23 bits per heavy atom. The number of halogens is 1. The molecule has 1 saturated heterocycles. The number of aromatic nitrogens is 2. The molecule has 0 bridgehead atoms. The molecule has 0 atom stereocenters. The lowest BCUT2D eigenvalue weighted by Gasteiger charge is -2.47. The molecule has 4 rings (SSSR count). The van der Waals surface area contributed by atoms with Gasteiger partial charge in [-0.25, -0.2) is 9.37 Å². The number of fused-ring (bicyclic) bond motifs is 2. The van der Waals surface area contributed by atoms with E-state index < -0.39 is 0 Å². The summed E-state index contributed by atoms with van der Waals surface area (Å²) in [5.74, 6) is 0.944. The molecule has 1 aromatic carbocycles. The number of hydrogen-bond acceptors (Lipinski definition) is 3. The van der Waals surface area contributed by atoms with Crippen LogP contribution in [0.4, 0.5) is 4.39 Å². The van der Waals surface area contributed by atoms with Crippen molar-refractivity contribution in [2.75, 3.05) is 26.7 Å². The Labute approximate surface area is 130 Å². The Bertz CT molecular complexity index is 688. The normalized spacial score (nSPS) is 21.0. The van der Waals surface area contributed by atoms with Crippen LogP contribution in [-0.2, 0) is 12.1 Å². The molecule has 4 nitrogen and oxygen atoms in total. The number of rotatable bonds is 1. The van der Waals surface area contributed by atoms with Gasteiger partial charge in [-0.2, -0.15) is 0 Å². The van der Waals surface area contributed by atoms with Crippen LogP contribution in [0.25, 0.3) is 11.3 Å². The minimum atomic E-state index is -0.197. The molecule has 2 aliphatic heterocycles. The second-order valence-electron chi connectivity index (χ2n) is 6.33. The van der Waals surface area contributed by atoms with E-state index in [1.807, 2.05) is 12.3 Å². The Balaban J connectivity index is 1.82. The highest BCUT2D eigenvalue weighted by molar-refractivity contribution is 5.60. The van der Waals surface area contributed by atoms with Crippen LogP contribution >= 0.6 is 0 Å². The van der Waals surface area contributed by atoms with Gasteiger partial charge in [0, 0.05) is 18.7 Å². The first-order valence-corrected chi connectivity index (χ1v) is 7.95. The van der Waals surface area contributed by atoms with Crippen molar-refractivity contribution < 1.29 is 4.39 Å². The highest BCUT2D eigenvalue weighted by atomic mass is 19.1. The summed E-state index contributed by atoms with van der Waals surface area (Å²) >= 11 is 0. The third-order valence-electron chi connectivity index (χ3n) is 5.21. The van der Waals surface area contributed by atoms with E-state index in [0.717, 1.165) is 56.1 Å². The second kappa shape index (κ2) is 5.18. The Kier molecular flexibility index (Phi) is 3.27. The fourth-order valence-corrected chi connectivity index (χ4v) is 3.93. The Hall–Kier alpha value is -1.72. The third kappa shape index (κ3) is 2.00. The van der Waals surface area contributed by atoms with Crippen LogP contribution in [0.3, 0.4) is 0 Å². The van der Waals surface area contributed by atoms with Crippen molar-refractivity contribution in [2.45, 2.75) is 24.9 Å². The second-order valence-corrected chi connectivity index (χ2v) is 6.33. The van der Waals surface area contributed by atoms with E-state index in [2.05, 4.69) is 21.8 Å². The van der Waals surface area contributed by atoms with E-state index in [4.69, 9.17) is 4.98 Å². The quantitative estimate of drug-likeness (QED) is 0.876. The van der Waals surface area contributed by atoms with Gasteiger partial charge in [0.1, 0.15) is 11.6 Å². The molecule has 5 heteroatoms. The molecule has 0 saturated carbocycles. The van der Waals surface area contributed by atoms with Gasteiger partial charge in [-0.1, -0.05) is 12.1 Å². The molecule has 22 heavy (non-hydrogen) atoms. The van der Waals surface area contributed by atoms with Gasteiger partial charge in [-0.3, -0.25) is 4.90 Å². The van der Waals surface area contributed by atoms with Crippen LogP contribution in [0.1, 0.15) is 18.7 Å². The van der Waals surface area contributed by atoms with Crippen LogP contribution in [0.2, 0.25) is 0 Å². The summed E-state index contributed by atoms with van der Waals surface area (Å²) in [6.45, 7) is 3.96. The number of imidazole rings is 1. The summed E-state index contributed by atoms with van der Waals surface area (Å²) in [5, 5.41) is 3.44. The lowest BCUT2D eigenvalue weighted by atomic mass is 9.84. The smallest absolute Gasteiger partial charge is 0.129 e. The average Bonchev–Trinajstić information content (AvgIpc) is 2.97. The molecule has 0 radical (unpaired) electrons. The van der Waals surface area contributed by atoms with Gasteiger partial charge >= 0.3 is 0 Å². The zero-order valence-corrected chi connectivity index (χ0v) is 12.8. The lowest BCUT2D eigenvalue weighted by Crippen LogP contribution is -2.55. The maximum atomic E-state index is 13.6. The van der Waals surface area contributed by atoms with Crippen molar-refractivity contribution in [3.8, 4) is 11.3 Å². The molecule has 2 aliphatic rings. The Morgan fingerprint density at radius 2 is 2.05 bits per heavy atom. The van der Waals surface area contributed by atoms with Crippen LogP contribution in [-0.4, -0.2) is 41.1 Å². The fraction of sp³-hybridized carbons (Fsp3) is 0.471. The summed E-state index contributed by atoms with van der Waals surface area (Å²) in [6, 6.07) is 6.80. The highest BCUT2D eigenvalue weighted by Crippen LogP contribution is 2.40. The summed E-state index contributed by atoms with van der Waals surface area (Å²) < 4.78 is 15.8. The predicted molar refractivity (Wildman–Crippen MR) is 84.0 cm³/mol. The van der Waals surface area contributed by atoms with Gasteiger partial charge in [-0.05, 0) is 45.1 Å². The monoisotopic (exact) mass is 300 g/mol. The fourth-order valence-electron chi connectivity index (χ4n) is 3.93. The molecule has 116 valence electrons. The number of nitrogens with one attached hydrogen (secondary N) is 1. The number of benzene rings is 1. The van der Waals surface area contributed by atoms with Gasteiger partial charge < -0.3 is 9.88 Å². The first-order chi connectivity index (χ1) is 10.7. The number of likely N-dealkylation sites (N-methyl/N-ethyl adjacent to an activating group) is 1. The Morgan fingerprint density at radius 3 is 2.82 bits per heavy atom. The summed E-state index contributed by atoms with van der Waals surface area (Å²) in [4.78, 5) is 7.21. The summed E-state index contributed by atoms with van der Waals surface area (Å²) in [6.07, 6.45) is 4.05. The molecule has 1 fully saturated rings. The molecule has 0 amide bonds. The highest BCUT2D eigenvalue weighted by Gasteiger charge is 2.44. The van der Waals surface area contributed by atoms with Gasteiger partial charge in [0.15, 0.2) is 0 Å². The van der Waals surface area contributed by atoms with Crippen molar-refractivity contribution >= 4 is 0 Å². The van der Waals surface area contributed by atoms with Crippen molar-refractivity contribution in [1.29, 1.82) is 0 Å². The maximum absolute atomic E-state index is 13.6. The molecular weight excluding hydrogens is 279 g/mol. The van der Waals surface area contributed by atoms with E-state index in [-0.39, 0.29) is 11.4 Å². The molecule has 1 N–H and O–H groups in total. The van der Waals surface area contributed by atoms with Crippen LogP contribution in [0.5, 0.6) is 0 Å². The largest absolute Gasteiger partial charge is 0.325 e. The maximum Gasteiger partial charge on any atom is 0.129 e. The van der Waals surface area contributed by atoms with Gasteiger partial charge in [0.2, 0.25) is 0 Å². The van der Waals surface area contributed by atoms with Crippen LogP contribution in [0.15, 0.2) is 30.5 Å². The van der Waals surface area contributed by atoms with Gasteiger partial charge in [0.05, 0.1) is 17.4 Å². The van der Waals surface area contributed by atoms with E-state index in [1.54, 1.807) is 12.1 Å². The number of nitrogens with zero attached hydrogens (tertiary/aromatic N) is 3. The summed E-state index contributed by atoms with van der Waals surface area (Å²) in [5.41, 5.74) is 1.96. The first-order valence-electron chi connectivity index (χ1n) is 7.95. The van der Waals surface area contributed by atoms with Gasteiger partial charge in [-0.15, -0.1) is 0 Å². The van der Waals surface area contributed by atoms with E-state index in [0.29, 0.717) is 0 Å². The zero-order chi connectivity index (χ0) is 15.2. The minimum Gasteiger partial charge on any atom is -0.325 e. The molecule has 1 aromatic heterocycles. The SMILES string of the molecule is CN1CCn2c(-c3cccc(F)c3)cnc2C12CCNCC2. The standard InChI is InChI=1S/C17H21FN4/c1-21-9-10-22-15(13-3-2-4-14(18)11-13)12-20-16(22)17(21)5-7-19-8-6-17/h2-4,11-12,19H,5-10H2,1H3. The van der Waals surface area contributed by atoms with Crippen molar-refractivity contribution in [3.05, 3.63) is 42.1 Å². The molecule has 0 aliphatic carbocycles. The van der Waals surface area contributed by atoms with E-state index in [9.17, 15) is 4.39 Å². The van der Waals surface area contributed by atoms with Crippen LogP contribution < -0.4 is 5.32 Å². The number of hydrogen-bond donors (Lipinski definition) is 1. The lowest BCUT2D eigenvalue weighted by molar-refractivity contribution is 0.0440. The van der Waals surface area contributed by atoms with Crippen LogP contribution in [0, 0.1) is 5.82 Å². The van der Waals surface area contributed by atoms with E-state index in [1.165, 1.54) is 6.07 Å². The molecule has 0 unspecified atom stereocenters. The predicted octanol–water partition coefficient (Wildman–Crippen LogP) is 2.21. The molecule has 2 aromatic rings. The minimum absolute atomic E-state index is 0.0229. The van der Waals surface area contributed by atoms with Crippen molar-refractivity contribution in [3.63, 3.8) is 0 Å². The van der Waals surface area contributed by atoms with Gasteiger partial charge in [0.25, 0.3) is 0 Å². The topological polar surface area (TPSA) is 33.1 Å². The van der Waals surface area contributed by atoms with Crippen molar-refractivity contribution in [2.24, 2.45) is 0 Å². The summed E-state index contributed by atoms with van der Waals surface area (Å²) in [7, 11) is 2.20.